The Balaban J connectivity index is 0.00000112. The number of rotatable bonds is 3. The SMILES string of the molecule is CC1CCC(N(C)C[C@@H]2CCCN2)C1.Cl. The third kappa shape index (κ3) is 3.61. The minimum Gasteiger partial charge on any atom is -0.313 e. The summed E-state index contributed by atoms with van der Waals surface area (Å²) >= 11 is 0. The van der Waals surface area contributed by atoms with Crippen LogP contribution < -0.4 is 5.32 Å². The fraction of sp³-hybridized carbons (Fsp3) is 1.00. The molecule has 1 saturated carbocycles. The summed E-state index contributed by atoms with van der Waals surface area (Å²) in [6.07, 6.45) is 7.03. The molecule has 0 amide bonds. The van der Waals surface area contributed by atoms with Crippen LogP contribution in [0.5, 0.6) is 0 Å². The van der Waals surface area contributed by atoms with Gasteiger partial charge in [0.2, 0.25) is 0 Å². The van der Waals surface area contributed by atoms with Gasteiger partial charge in [0.1, 0.15) is 0 Å². The lowest BCUT2D eigenvalue weighted by Gasteiger charge is -2.27. The molecule has 0 bridgehead atoms. The average Bonchev–Trinajstić information content (AvgIpc) is 2.75. The molecule has 0 aromatic carbocycles. The van der Waals surface area contributed by atoms with E-state index in [2.05, 4.69) is 24.2 Å². The van der Waals surface area contributed by atoms with Crippen molar-refractivity contribution in [2.75, 3.05) is 20.1 Å². The second-order valence-electron chi connectivity index (χ2n) is 5.30. The van der Waals surface area contributed by atoms with E-state index in [1.807, 2.05) is 0 Å². The number of nitrogens with zero attached hydrogens (tertiary/aromatic N) is 1. The number of halogens is 1. The molecule has 2 rings (SSSR count). The van der Waals surface area contributed by atoms with Crippen LogP contribution in [-0.2, 0) is 0 Å². The van der Waals surface area contributed by atoms with Gasteiger partial charge in [-0.2, -0.15) is 0 Å². The molecule has 1 N–H and O–H groups in total. The third-order valence-corrected chi connectivity index (χ3v) is 3.96. The number of nitrogens with one attached hydrogen (secondary N) is 1. The van der Waals surface area contributed by atoms with Crippen molar-refractivity contribution in [3.05, 3.63) is 0 Å². The summed E-state index contributed by atoms with van der Waals surface area (Å²) in [5.41, 5.74) is 0. The van der Waals surface area contributed by atoms with E-state index in [0.29, 0.717) is 0 Å². The van der Waals surface area contributed by atoms with Crippen molar-refractivity contribution >= 4 is 12.4 Å². The molecule has 2 unspecified atom stereocenters. The van der Waals surface area contributed by atoms with E-state index in [1.54, 1.807) is 0 Å². The van der Waals surface area contributed by atoms with Gasteiger partial charge in [0.05, 0.1) is 0 Å². The van der Waals surface area contributed by atoms with E-state index in [9.17, 15) is 0 Å². The van der Waals surface area contributed by atoms with Crippen molar-refractivity contribution in [3.63, 3.8) is 0 Å². The third-order valence-electron chi connectivity index (χ3n) is 3.96. The molecule has 3 heteroatoms. The van der Waals surface area contributed by atoms with Crippen LogP contribution in [0.4, 0.5) is 0 Å². The van der Waals surface area contributed by atoms with Gasteiger partial charge in [-0.15, -0.1) is 12.4 Å². The number of likely N-dealkylation sites (N-methyl/N-ethyl adjacent to an activating group) is 1. The van der Waals surface area contributed by atoms with Gasteiger partial charge in [0.15, 0.2) is 0 Å². The van der Waals surface area contributed by atoms with Gasteiger partial charge in [0.25, 0.3) is 0 Å². The summed E-state index contributed by atoms with van der Waals surface area (Å²) in [4.78, 5) is 2.59. The van der Waals surface area contributed by atoms with E-state index < -0.39 is 0 Å². The Hall–Kier alpha value is 0.210. The monoisotopic (exact) mass is 232 g/mol. The lowest BCUT2D eigenvalue weighted by molar-refractivity contribution is 0.221. The molecular weight excluding hydrogens is 208 g/mol. The molecule has 2 nitrogen and oxygen atoms in total. The molecule has 90 valence electrons. The van der Waals surface area contributed by atoms with E-state index >= 15 is 0 Å². The minimum atomic E-state index is 0. The highest BCUT2D eigenvalue weighted by Crippen LogP contribution is 2.28. The van der Waals surface area contributed by atoms with Gasteiger partial charge in [-0.05, 0) is 51.6 Å². The van der Waals surface area contributed by atoms with E-state index in [-0.39, 0.29) is 12.4 Å². The molecule has 1 aliphatic heterocycles. The van der Waals surface area contributed by atoms with Crippen molar-refractivity contribution in [3.8, 4) is 0 Å². The first-order valence-electron chi connectivity index (χ1n) is 6.19. The predicted molar refractivity (Wildman–Crippen MR) is 67.7 cm³/mol. The summed E-state index contributed by atoms with van der Waals surface area (Å²) in [5.74, 6) is 0.957. The molecular formula is C12H25ClN2. The maximum absolute atomic E-state index is 3.58. The van der Waals surface area contributed by atoms with Crippen LogP contribution in [0, 0.1) is 5.92 Å². The fourth-order valence-electron chi connectivity index (χ4n) is 2.99. The van der Waals surface area contributed by atoms with Crippen LogP contribution in [0.15, 0.2) is 0 Å². The van der Waals surface area contributed by atoms with Crippen LogP contribution in [0.1, 0.15) is 39.0 Å². The maximum Gasteiger partial charge on any atom is 0.0195 e. The lowest BCUT2D eigenvalue weighted by atomic mass is 10.1. The highest BCUT2D eigenvalue weighted by molar-refractivity contribution is 5.85. The van der Waals surface area contributed by atoms with Gasteiger partial charge < -0.3 is 10.2 Å². The van der Waals surface area contributed by atoms with Crippen LogP contribution in [0.3, 0.4) is 0 Å². The summed E-state index contributed by atoms with van der Waals surface area (Å²) in [6.45, 7) is 4.89. The Labute approximate surface area is 100 Å². The van der Waals surface area contributed by atoms with Gasteiger partial charge in [-0.3, -0.25) is 0 Å². The molecule has 1 heterocycles. The Bertz CT molecular complexity index is 180. The maximum atomic E-state index is 3.58. The van der Waals surface area contributed by atoms with Gasteiger partial charge >= 0.3 is 0 Å². The van der Waals surface area contributed by atoms with Gasteiger partial charge in [-0.25, -0.2) is 0 Å². The number of hydrogen-bond acceptors (Lipinski definition) is 2. The molecule has 3 atom stereocenters. The first-order valence-corrected chi connectivity index (χ1v) is 6.19. The van der Waals surface area contributed by atoms with Gasteiger partial charge in [0, 0.05) is 18.6 Å². The van der Waals surface area contributed by atoms with Crippen LogP contribution in [0.2, 0.25) is 0 Å². The van der Waals surface area contributed by atoms with Crippen molar-refractivity contribution in [2.45, 2.75) is 51.1 Å². The Kier molecular flexibility index (Phi) is 5.37. The first-order chi connectivity index (χ1) is 6.75. The van der Waals surface area contributed by atoms with Crippen LogP contribution in [0.25, 0.3) is 0 Å². The van der Waals surface area contributed by atoms with E-state index in [0.717, 1.165) is 18.0 Å². The largest absolute Gasteiger partial charge is 0.313 e. The summed E-state index contributed by atoms with van der Waals surface area (Å²) < 4.78 is 0. The standard InChI is InChI=1S/C12H24N2.ClH/c1-10-5-6-12(8-10)14(2)9-11-4-3-7-13-11;/h10-13H,3-9H2,1-2H3;1H/t10?,11-,12?;/m0./s1. The molecule has 2 aliphatic rings. The molecule has 0 radical (unpaired) electrons. The predicted octanol–water partition coefficient (Wildman–Crippen LogP) is 2.28. The van der Waals surface area contributed by atoms with Crippen LogP contribution >= 0.6 is 12.4 Å². The van der Waals surface area contributed by atoms with E-state index in [4.69, 9.17) is 0 Å². The Morgan fingerprint density at radius 2 is 2.07 bits per heavy atom. The topological polar surface area (TPSA) is 15.3 Å². The highest BCUT2D eigenvalue weighted by atomic mass is 35.5. The summed E-state index contributed by atoms with van der Waals surface area (Å²) in [5, 5.41) is 3.58. The smallest absolute Gasteiger partial charge is 0.0195 e. The number of hydrogen-bond donors (Lipinski definition) is 1. The fourth-order valence-corrected chi connectivity index (χ4v) is 2.99. The average molecular weight is 233 g/mol. The normalized spacial score (nSPS) is 35.8. The van der Waals surface area contributed by atoms with Crippen LogP contribution in [-0.4, -0.2) is 37.1 Å². The summed E-state index contributed by atoms with van der Waals surface area (Å²) in [7, 11) is 2.31. The molecule has 15 heavy (non-hydrogen) atoms. The molecule has 2 fully saturated rings. The molecule has 1 saturated heterocycles. The molecule has 1 aliphatic carbocycles. The highest BCUT2D eigenvalue weighted by Gasteiger charge is 2.26. The second-order valence-corrected chi connectivity index (χ2v) is 5.30. The van der Waals surface area contributed by atoms with Crippen molar-refractivity contribution in [1.82, 2.24) is 10.2 Å². The Morgan fingerprint density at radius 3 is 2.60 bits per heavy atom. The first kappa shape index (κ1) is 13.3. The summed E-state index contributed by atoms with van der Waals surface area (Å²) in [6, 6.07) is 1.64. The zero-order valence-corrected chi connectivity index (χ0v) is 10.9. The van der Waals surface area contributed by atoms with E-state index in [1.165, 1.54) is 45.2 Å². The van der Waals surface area contributed by atoms with Crippen molar-refractivity contribution in [1.29, 1.82) is 0 Å². The Morgan fingerprint density at radius 1 is 1.27 bits per heavy atom. The quantitative estimate of drug-likeness (QED) is 0.803. The zero-order valence-electron chi connectivity index (χ0n) is 10.0. The minimum absolute atomic E-state index is 0. The molecule has 0 aromatic heterocycles. The second kappa shape index (κ2) is 6.07. The lowest BCUT2D eigenvalue weighted by Crippen LogP contribution is -2.40. The molecule has 0 aromatic rings. The molecule has 0 spiro atoms. The zero-order chi connectivity index (χ0) is 9.97. The van der Waals surface area contributed by atoms with Crippen molar-refractivity contribution < 1.29 is 0 Å². The van der Waals surface area contributed by atoms with Gasteiger partial charge in [-0.1, -0.05) is 6.92 Å². The van der Waals surface area contributed by atoms with Crippen molar-refractivity contribution in [2.24, 2.45) is 5.92 Å².